The third-order valence-corrected chi connectivity index (χ3v) is 7.55. The number of ether oxygens (including phenoxy) is 1. The number of aryl methyl sites for hydroxylation is 1. The Hall–Kier alpha value is -4.47. The minimum atomic E-state index is -2.96. The Morgan fingerprint density at radius 1 is 1.15 bits per heavy atom. The lowest BCUT2D eigenvalue weighted by Crippen LogP contribution is -2.42. The maximum Gasteiger partial charge on any atom is 0.387 e. The molecule has 0 atom stereocenters. The van der Waals surface area contributed by atoms with Gasteiger partial charge in [0.15, 0.2) is 22.9 Å². The van der Waals surface area contributed by atoms with Gasteiger partial charge in [-0.2, -0.15) is 13.5 Å². The molecule has 0 bridgehead atoms. The van der Waals surface area contributed by atoms with Gasteiger partial charge in [0.25, 0.3) is 0 Å². The maximum absolute atomic E-state index is 13.1. The second kappa shape index (κ2) is 11.0. The fourth-order valence-electron chi connectivity index (χ4n) is 5.44. The van der Waals surface area contributed by atoms with Gasteiger partial charge in [-0.25, -0.2) is 9.97 Å². The molecule has 6 rings (SSSR count). The van der Waals surface area contributed by atoms with Crippen LogP contribution in [0.3, 0.4) is 0 Å². The number of hydrogen-bond donors (Lipinski definition) is 0. The second-order valence-electron chi connectivity index (χ2n) is 10.0. The van der Waals surface area contributed by atoms with E-state index in [9.17, 15) is 13.6 Å². The summed E-state index contributed by atoms with van der Waals surface area (Å²) in [5.41, 5.74) is 0.686. The number of nitrogens with zero attached hydrogens (tertiary/aromatic N) is 9. The first-order valence-electron chi connectivity index (χ1n) is 13.2. The van der Waals surface area contributed by atoms with E-state index >= 15 is 0 Å². The molecule has 0 spiro atoms. The fraction of sp³-hybridized carbons (Fsp3) is 0.444. The topological polar surface area (TPSA) is 117 Å². The number of carbonyl (C=O) groups excluding carboxylic acids is 1. The number of carbonyl (C=O) groups is 1. The molecule has 0 saturated heterocycles. The van der Waals surface area contributed by atoms with Crippen molar-refractivity contribution in [3.63, 3.8) is 0 Å². The third kappa shape index (κ3) is 5.21. The summed E-state index contributed by atoms with van der Waals surface area (Å²) in [6.07, 6.45) is 5.87. The standard InChI is InChI=1S/C27H27F2N9O2.H2/c1-17-32-33-24-16-36(14-15-37(17)24)26(39)19-10-8-18(9-11-19)4-2-7-22-30-13-12-23(31-22)38-20-5-3-6-21(40-27(28)29)25(20)34-35-38;/h3,5-6,12-13,18-19,27H,4,8-11,14-16H2,1H3;1H. The molecule has 1 aliphatic carbocycles. The normalized spacial score (nSPS) is 18.9. The van der Waals surface area contributed by atoms with Gasteiger partial charge >= 0.3 is 6.61 Å². The Kier molecular flexibility index (Phi) is 7.06. The second-order valence-corrected chi connectivity index (χ2v) is 10.0. The van der Waals surface area contributed by atoms with Crippen molar-refractivity contribution in [1.82, 2.24) is 44.6 Å². The lowest BCUT2D eigenvalue weighted by atomic mass is 9.80. The molecule has 208 valence electrons. The molecule has 1 aliphatic heterocycles. The van der Waals surface area contributed by atoms with Gasteiger partial charge in [0.2, 0.25) is 11.7 Å². The van der Waals surface area contributed by atoms with E-state index in [0.29, 0.717) is 42.6 Å². The molecule has 4 heterocycles. The quantitative estimate of drug-likeness (QED) is 0.347. The summed E-state index contributed by atoms with van der Waals surface area (Å²) in [4.78, 5) is 23.8. The van der Waals surface area contributed by atoms with Gasteiger partial charge in [-0.3, -0.25) is 4.79 Å². The number of alkyl halides is 2. The van der Waals surface area contributed by atoms with Gasteiger partial charge in [-0.05, 0) is 56.6 Å². The molecular weight excluding hydrogens is 520 g/mol. The Balaban J connectivity index is 0.00000337. The van der Waals surface area contributed by atoms with Crippen molar-refractivity contribution in [2.75, 3.05) is 6.54 Å². The Morgan fingerprint density at radius 3 is 2.83 bits per heavy atom. The van der Waals surface area contributed by atoms with Crippen molar-refractivity contribution in [3.8, 4) is 23.4 Å². The van der Waals surface area contributed by atoms with E-state index in [1.807, 2.05) is 11.8 Å². The Labute approximate surface area is 230 Å². The van der Waals surface area contributed by atoms with Crippen LogP contribution >= 0.6 is 0 Å². The largest absolute Gasteiger partial charge is 0.432 e. The summed E-state index contributed by atoms with van der Waals surface area (Å²) in [6.45, 7) is 0.944. The molecule has 2 aliphatic rings. The number of amides is 1. The smallest absolute Gasteiger partial charge is 0.387 e. The molecule has 1 aromatic carbocycles. The monoisotopic (exact) mass is 549 g/mol. The van der Waals surface area contributed by atoms with Gasteiger partial charge in [0.05, 0.1) is 6.54 Å². The van der Waals surface area contributed by atoms with Crippen LogP contribution in [-0.4, -0.2) is 63.7 Å². The molecule has 13 heteroatoms. The summed E-state index contributed by atoms with van der Waals surface area (Å²) in [5.74, 6) is 9.35. The molecule has 0 radical (unpaired) electrons. The molecule has 1 saturated carbocycles. The highest BCUT2D eigenvalue weighted by atomic mass is 19.3. The van der Waals surface area contributed by atoms with Crippen LogP contribution in [0, 0.1) is 30.6 Å². The van der Waals surface area contributed by atoms with E-state index in [1.54, 1.807) is 24.4 Å². The van der Waals surface area contributed by atoms with Crippen LogP contribution < -0.4 is 4.74 Å². The highest BCUT2D eigenvalue weighted by molar-refractivity contribution is 5.82. The van der Waals surface area contributed by atoms with Crippen molar-refractivity contribution in [2.45, 2.75) is 58.7 Å². The number of rotatable bonds is 5. The molecule has 1 fully saturated rings. The summed E-state index contributed by atoms with van der Waals surface area (Å²) in [5, 5.41) is 16.4. The van der Waals surface area contributed by atoms with E-state index < -0.39 is 6.61 Å². The summed E-state index contributed by atoms with van der Waals surface area (Å²) >= 11 is 0. The minimum Gasteiger partial charge on any atom is -0.432 e. The van der Waals surface area contributed by atoms with E-state index in [2.05, 4.69) is 51.6 Å². The molecule has 11 nitrogen and oxygen atoms in total. The molecule has 4 aromatic rings. The van der Waals surface area contributed by atoms with Crippen molar-refractivity contribution in [3.05, 3.63) is 47.9 Å². The molecule has 3 aromatic heterocycles. The third-order valence-electron chi connectivity index (χ3n) is 7.55. The SMILES string of the molecule is Cc1nnc2n1CCN(C(=O)C1CCC(CC#Cc3nccc(-n4nnc5c(OC(F)F)cccc54)n3)CC1)C2.[HH]. The lowest BCUT2D eigenvalue weighted by molar-refractivity contribution is -0.138. The molecule has 40 heavy (non-hydrogen) atoms. The number of halogens is 2. The first-order valence-corrected chi connectivity index (χ1v) is 13.2. The number of benzene rings is 1. The predicted octanol–water partition coefficient (Wildman–Crippen LogP) is 3.55. The van der Waals surface area contributed by atoms with Crippen molar-refractivity contribution in [1.29, 1.82) is 0 Å². The average Bonchev–Trinajstić information content (AvgIpc) is 3.57. The number of fused-ring (bicyclic) bond motifs is 2. The zero-order valence-corrected chi connectivity index (χ0v) is 21.9. The molecule has 1 amide bonds. The van der Waals surface area contributed by atoms with Gasteiger partial charge in [-0.1, -0.05) is 17.2 Å². The van der Waals surface area contributed by atoms with Gasteiger partial charge in [0, 0.05) is 39.1 Å². The van der Waals surface area contributed by atoms with E-state index in [0.717, 1.165) is 43.9 Å². The van der Waals surface area contributed by atoms with Crippen molar-refractivity contribution < 1.29 is 19.7 Å². The highest BCUT2D eigenvalue weighted by Gasteiger charge is 2.31. The van der Waals surface area contributed by atoms with Crippen LogP contribution in [0.2, 0.25) is 0 Å². The fourth-order valence-corrected chi connectivity index (χ4v) is 5.44. The first kappa shape index (κ1) is 25.8. The van der Waals surface area contributed by atoms with Gasteiger partial charge in [-0.15, -0.1) is 15.3 Å². The van der Waals surface area contributed by atoms with E-state index in [-0.39, 0.29) is 24.5 Å². The van der Waals surface area contributed by atoms with Crippen LogP contribution in [0.4, 0.5) is 8.78 Å². The number of hydrogen-bond acceptors (Lipinski definition) is 8. The van der Waals surface area contributed by atoms with E-state index in [1.165, 1.54) is 10.7 Å². The summed E-state index contributed by atoms with van der Waals surface area (Å²) in [7, 11) is 0. The van der Waals surface area contributed by atoms with Gasteiger partial charge in [0.1, 0.15) is 11.3 Å². The van der Waals surface area contributed by atoms with Crippen molar-refractivity contribution >= 4 is 16.9 Å². The highest BCUT2D eigenvalue weighted by Crippen LogP contribution is 2.32. The molecule has 0 unspecified atom stereocenters. The first-order chi connectivity index (χ1) is 19.5. The van der Waals surface area contributed by atoms with Crippen molar-refractivity contribution in [2.24, 2.45) is 11.8 Å². The molecular formula is C27H29F2N9O2. The minimum absolute atomic E-state index is 0. The Bertz CT molecular complexity index is 1610. The van der Waals surface area contributed by atoms with Gasteiger partial charge < -0.3 is 14.2 Å². The van der Waals surface area contributed by atoms with Crippen LogP contribution in [0.5, 0.6) is 5.75 Å². The summed E-state index contributed by atoms with van der Waals surface area (Å²) < 4.78 is 33.5. The zero-order valence-electron chi connectivity index (χ0n) is 21.9. The maximum atomic E-state index is 13.1. The van der Waals surface area contributed by atoms with Crippen LogP contribution in [0.25, 0.3) is 16.9 Å². The Morgan fingerprint density at radius 2 is 2.00 bits per heavy atom. The van der Waals surface area contributed by atoms with Crippen LogP contribution in [0.15, 0.2) is 30.5 Å². The average molecular weight is 550 g/mol. The van der Waals surface area contributed by atoms with E-state index in [4.69, 9.17) is 0 Å². The predicted molar refractivity (Wildman–Crippen MR) is 140 cm³/mol. The molecule has 0 N–H and O–H groups in total. The number of aromatic nitrogens is 8. The zero-order chi connectivity index (χ0) is 27.6. The van der Waals surface area contributed by atoms with Crippen LogP contribution in [0.1, 0.15) is 51.0 Å². The lowest BCUT2D eigenvalue weighted by Gasteiger charge is -2.33. The summed E-state index contributed by atoms with van der Waals surface area (Å²) in [6, 6.07) is 6.34. The van der Waals surface area contributed by atoms with Crippen LogP contribution in [-0.2, 0) is 17.9 Å².